The van der Waals surface area contributed by atoms with Gasteiger partial charge in [0.15, 0.2) is 5.56 Å². The van der Waals surface area contributed by atoms with E-state index in [9.17, 15) is 14.7 Å². The number of aromatic hydroxyl groups is 1. The highest BCUT2D eigenvalue weighted by Crippen LogP contribution is 2.38. The van der Waals surface area contributed by atoms with Crippen LogP contribution in [0.1, 0.15) is 28.9 Å². The minimum absolute atomic E-state index is 0.0967. The highest BCUT2D eigenvalue weighted by atomic mass is 35.5. The van der Waals surface area contributed by atoms with E-state index in [1.807, 2.05) is 0 Å². The number of hydrogen-bond acceptors (Lipinski definition) is 5. The highest BCUT2D eigenvalue weighted by Gasteiger charge is 2.31. The van der Waals surface area contributed by atoms with Gasteiger partial charge in [0.25, 0.3) is 5.56 Å². The van der Waals surface area contributed by atoms with Crippen LogP contribution in [0.5, 0.6) is 11.5 Å². The third kappa shape index (κ3) is 2.73. The van der Waals surface area contributed by atoms with Gasteiger partial charge in [0.2, 0.25) is 0 Å². The van der Waals surface area contributed by atoms with E-state index in [2.05, 4.69) is 0 Å². The number of aromatic nitrogens is 1. The van der Waals surface area contributed by atoms with Gasteiger partial charge in [0, 0.05) is 10.4 Å². The van der Waals surface area contributed by atoms with Crippen molar-refractivity contribution < 1.29 is 19.4 Å². The predicted molar refractivity (Wildman–Crippen MR) is 101 cm³/mol. The van der Waals surface area contributed by atoms with Crippen molar-refractivity contribution in [3.05, 3.63) is 69.0 Å². The maximum absolute atomic E-state index is 13.2. The van der Waals surface area contributed by atoms with Crippen molar-refractivity contribution in [2.45, 2.75) is 13.0 Å². The van der Waals surface area contributed by atoms with Crippen molar-refractivity contribution in [2.24, 2.45) is 0 Å². The maximum atomic E-state index is 13.2. The van der Waals surface area contributed by atoms with Crippen molar-refractivity contribution in [1.82, 2.24) is 4.57 Å². The second-order valence-corrected chi connectivity index (χ2v) is 6.59. The molecule has 138 valence electrons. The quantitative estimate of drug-likeness (QED) is 0.698. The summed E-state index contributed by atoms with van der Waals surface area (Å²) in [6.07, 6.45) is 0. The summed E-state index contributed by atoms with van der Waals surface area (Å²) in [6, 6.07) is 11.7. The molecule has 6 nitrogen and oxygen atoms in total. The third-order valence-corrected chi connectivity index (χ3v) is 4.86. The van der Waals surface area contributed by atoms with Crippen molar-refractivity contribution in [1.29, 1.82) is 0 Å². The number of rotatable bonds is 3. The van der Waals surface area contributed by atoms with E-state index in [0.717, 1.165) is 5.56 Å². The van der Waals surface area contributed by atoms with E-state index in [4.69, 9.17) is 21.1 Å². The average molecular weight is 386 g/mol. The molecule has 7 heteroatoms. The lowest BCUT2D eigenvalue weighted by molar-refractivity contribution is 0.0520. The molecule has 1 N–H and O–H groups in total. The molecule has 0 aliphatic carbocycles. The van der Waals surface area contributed by atoms with Crippen LogP contribution in [0.2, 0.25) is 5.02 Å². The first-order valence-electron chi connectivity index (χ1n) is 8.48. The summed E-state index contributed by atoms with van der Waals surface area (Å²) in [5.41, 5.74) is 0.258. The number of para-hydroxylation sites is 1. The number of carbonyl (C=O) groups is 1. The van der Waals surface area contributed by atoms with Crippen LogP contribution in [0.4, 0.5) is 0 Å². The van der Waals surface area contributed by atoms with Gasteiger partial charge in [0.05, 0.1) is 18.2 Å². The monoisotopic (exact) mass is 385 g/mol. The predicted octanol–water partition coefficient (Wildman–Crippen LogP) is 3.52. The Hall–Kier alpha value is -2.99. The lowest BCUT2D eigenvalue weighted by Crippen LogP contribution is -2.36. The minimum Gasteiger partial charge on any atom is -0.506 e. The normalized spacial score (nSPS) is 15.4. The molecule has 1 aliphatic heterocycles. The molecule has 1 aromatic heterocycles. The van der Waals surface area contributed by atoms with Gasteiger partial charge in [-0.05, 0) is 36.8 Å². The second kappa shape index (κ2) is 6.63. The van der Waals surface area contributed by atoms with E-state index >= 15 is 0 Å². The van der Waals surface area contributed by atoms with E-state index in [-0.39, 0.29) is 18.8 Å². The first-order chi connectivity index (χ1) is 13.0. The molecule has 0 spiro atoms. The number of ether oxygens (including phenoxy) is 2. The Morgan fingerprint density at radius 2 is 2.04 bits per heavy atom. The Labute approximate surface area is 159 Å². The molecule has 0 saturated carbocycles. The molecule has 0 amide bonds. The molecule has 27 heavy (non-hydrogen) atoms. The van der Waals surface area contributed by atoms with Gasteiger partial charge in [0.1, 0.15) is 18.1 Å². The van der Waals surface area contributed by atoms with Crippen molar-refractivity contribution >= 4 is 28.5 Å². The zero-order valence-electron chi connectivity index (χ0n) is 14.4. The molecule has 0 radical (unpaired) electrons. The minimum atomic E-state index is -0.850. The van der Waals surface area contributed by atoms with Gasteiger partial charge in [-0.2, -0.15) is 0 Å². The SMILES string of the molecule is CCOC(=O)c1c(O)c2cccc3c2n(c1=O)C(c1ccc(Cl)cc1)CO3. The number of benzene rings is 2. The summed E-state index contributed by atoms with van der Waals surface area (Å²) in [5.74, 6) is -0.773. The summed E-state index contributed by atoms with van der Waals surface area (Å²) in [7, 11) is 0. The number of hydrogen-bond donors (Lipinski definition) is 1. The van der Waals surface area contributed by atoms with Crippen molar-refractivity contribution in [3.63, 3.8) is 0 Å². The number of nitrogens with zero attached hydrogens (tertiary/aromatic N) is 1. The molecule has 0 bridgehead atoms. The van der Waals surface area contributed by atoms with Gasteiger partial charge in [-0.25, -0.2) is 4.79 Å². The van der Waals surface area contributed by atoms with Gasteiger partial charge >= 0.3 is 5.97 Å². The van der Waals surface area contributed by atoms with Crippen LogP contribution in [-0.2, 0) is 4.74 Å². The topological polar surface area (TPSA) is 77.8 Å². The number of carbonyl (C=O) groups excluding carboxylic acids is 1. The molecular weight excluding hydrogens is 370 g/mol. The number of esters is 1. The summed E-state index contributed by atoms with van der Waals surface area (Å²) in [5, 5.41) is 11.5. The molecule has 4 rings (SSSR count). The van der Waals surface area contributed by atoms with Crippen LogP contribution in [0, 0.1) is 0 Å². The van der Waals surface area contributed by atoms with E-state index < -0.39 is 23.3 Å². The van der Waals surface area contributed by atoms with Crippen LogP contribution in [0.15, 0.2) is 47.3 Å². The fraction of sp³-hybridized carbons (Fsp3) is 0.200. The van der Waals surface area contributed by atoms with E-state index in [0.29, 0.717) is 21.7 Å². The number of pyridine rings is 1. The fourth-order valence-corrected chi connectivity index (χ4v) is 3.52. The Kier molecular flexibility index (Phi) is 4.28. The zero-order chi connectivity index (χ0) is 19.1. The van der Waals surface area contributed by atoms with Crippen LogP contribution >= 0.6 is 11.6 Å². The standard InChI is InChI=1S/C20H16ClNO5/c1-2-26-20(25)16-18(23)13-4-3-5-15-17(13)22(19(16)24)14(10-27-15)11-6-8-12(21)9-7-11/h3-9,14,23H,2,10H2,1H3. The summed E-state index contributed by atoms with van der Waals surface area (Å²) >= 11 is 5.97. The summed E-state index contributed by atoms with van der Waals surface area (Å²) in [6.45, 7) is 1.94. The van der Waals surface area contributed by atoms with Gasteiger partial charge in [-0.15, -0.1) is 0 Å². The number of halogens is 1. The first kappa shape index (κ1) is 17.4. The van der Waals surface area contributed by atoms with E-state index in [1.54, 1.807) is 49.4 Å². The summed E-state index contributed by atoms with van der Waals surface area (Å²) in [4.78, 5) is 25.6. The fourth-order valence-electron chi connectivity index (χ4n) is 3.39. The second-order valence-electron chi connectivity index (χ2n) is 6.15. The molecule has 1 unspecified atom stereocenters. The molecule has 0 saturated heterocycles. The largest absolute Gasteiger partial charge is 0.506 e. The highest BCUT2D eigenvalue weighted by molar-refractivity contribution is 6.30. The van der Waals surface area contributed by atoms with Crippen molar-refractivity contribution in [2.75, 3.05) is 13.2 Å². The summed E-state index contributed by atoms with van der Waals surface area (Å²) < 4.78 is 12.3. The van der Waals surface area contributed by atoms with Crippen LogP contribution in [0.3, 0.4) is 0 Å². The first-order valence-corrected chi connectivity index (χ1v) is 8.86. The molecule has 2 heterocycles. The Bertz CT molecular complexity index is 1100. The Balaban J connectivity index is 2.05. The van der Waals surface area contributed by atoms with Crippen LogP contribution in [-0.4, -0.2) is 28.9 Å². The smallest absolute Gasteiger partial charge is 0.347 e. The molecule has 1 aliphatic rings. The molecular formula is C20H16ClNO5. The zero-order valence-corrected chi connectivity index (χ0v) is 15.2. The van der Waals surface area contributed by atoms with Gasteiger partial charge < -0.3 is 14.6 Å². The maximum Gasteiger partial charge on any atom is 0.347 e. The lowest BCUT2D eigenvalue weighted by atomic mass is 10.0. The van der Waals surface area contributed by atoms with Crippen molar-refractivity contribution in [3.8, 4) is 11.5 Å². The van der Waals surface area contributed by atoms with Gasteiger partial charge in [-0.3, -0.25) is 9.36 Å². The average Bonchev–Trinajstić information content (AvgIpc) is 2.66. The van der Waals surface area contributed by atoms with Gasteiger partial charge in [-0.1, -0.05) is 29.8 Å². The third-order valence-electron chi connectivity index (χ3n) is 4.61. The van der Waals surface area contributed by atoms with E-state index in [1.165, 1.54) is 4.57 Å². The van der Waals surface area contributed by atoms with Crippen LogP contribution in [0.25, 0.3) is 10.9 Å². The Morgan fingerprint density at radius 1 is 1.30 bits per heavy atom. The molecule has 0 fully saturated rings. The lowest BCUT2D eigenvalue weighted by Gasteiger charge is -2.29. The van der Waals surface area contributed by atoms with Crippen LogP contribution < -0.4 is 10.3 Å². The Morgan fingerprint density at radius 3 is 2.74 bits per heavy atom. The molecule has 1 atom stereocenters. The molecule has 2 aromatic carbocycles. The molecule has 3 aromatic rings.